The summed E-state index contributed by atoms with van der Waals surface area (Å²) in [5.74, 6) is 0. The first-order chi connectivity index (χ1) is 8.85. The van der Waals surface area contributed by atoms with Crippen LogP contribution in [0.25, 0.3) is 10.2 Å². The van der Waals surface area contributed by atoms with Gasteiger partial charge in [-0.25, -0.2) is 4.98 Å². The van der Waals surface area contributed by atoms with Gasteiger partial charge in [0.05, 0.1) is 22.3 Å². The molecule has 92 valence electrons. The SMILES string of the molecule is CCc1ccc2nc(NCc3cncs3)sc2c1. The van der Waals surface area contributed by atoms with Crippen LogP contribution in [0.2, 0.25) is 0 Å². The number of aromatic nitrogens is 2. The van der Waals surface area contributed by atoms with Gasteiger partial charge >= 0.3 is 0 Å². The summed E-state index contributed by atoms with van der Waals surface area (Å²) >= 11 is 3.37. The van der Waals surface area contributed by atoms with Crippen molar-refractivity contribution in [1.82, 2.24) is 9.97 Å². The minimum absolute atomic E-state index is 0.797. The van der Waals surface area contributed by atoms with Crippen LogP contribution in [0.15, 0.2) is 29.9 Å². The van der Waals surface area contributed by atoms with Crippen LogP contribution in [0.3, 0.4) is 0 Å². The maximum Gasteiger partial charge on any atom is 0.184 e. The van der Waals surface area contributed by atoms with E-state index in [1.54, 1.807) is 22.7 Å². The van der Waals surface area contributed by atoms with E-state index in [-0.39, 0.29) is 0 Å². The normalized spacial score (nSPS) is 10.9. The molecule has 0 saturated heterocycles. The summed E-state index contributed by atoms with van der Waals surface area (Å²) in [6.07, 6.45) is 2.96. The minimum Gasteiger partial charge on any atom is -0.357 e. The number of benzene rings is 1. The molecule has 0 aliphatic rings. The second kappa shape index (κ2) is 5.04. The van der Waals surface area contributed by atoms with Gasteiger partial charge in [-0.15, -0.1) is 11.3 Å². The van der Waals surface area contributed by atoms with Crippen molar-refractivity contribution in [3.8, 4) is 0 Å². The smallest absolute Gasteiger partial charge is 0.184 e. The van der Waals surface area contributed by atoms with Crippen molar-refractivity contribution in [3.63, 3.8) is 0 Å². The molecule has 0 aliphatic heterocycles. The van der Waals surface area contributed by atoms with Gasteiger partial charge in [-0.05, 0) is 24.1 Å². The summed E-state index contributed by atoms with van der Waals surface area (Å²) in [7, 11) is 0. The number of thiazole rings is 2. The summed E-state index contributed by atoms with van der Waals surface area (Å²) in [6, 6.07) is 6.47. The Morgan fingerprint density at radius 3 is 3.06 bits per heavy atom. The molecule has 3 aromatic rings. The number of aryl methyl sites for hydroxylation is 1. The van der Waals surface area contributed by atoms with Crippen molar-refractivity contribution < 1.29 is 0 Å². The highest BCUT2D eigenvalue weighted by atomic mass is 32.1. The van der Waals surface area contributed by atoms with E-state index in [4.69, 9.17) is 0 Å². The van der Waals surface area contributed by atoms with E-state index >= 15 is 0 Å². The lowest BCUT2D eigenvalue weighted by atomic mass is 10.2. The van der Waals surface area contributed by atoms with Crippen LogP contribution in [0.4, 0.5) is 5.13 Å². The Labute approximate surface area is 114 Å². The second-order valence-electron chi connectivity index (χ2n) is 4.00. The van der Waals surface area contributed by atoms with Crippen molar-refractivity contribution in [2.24, 2.45) is 0 Å². The summed E-state index contributed by atoms with van der Waals surface area (Å²) < 4.78 is 1.25. The van der Waals surface area contributed by atoms with Gasteiger partial charge in [0.1, 0.15) is 0 Å². The molecule has 1 aromatic carbocycles. The third-order valence-electron chi connectivity index (χ3n) is 2.76. The number of nitrogens with zero attached hydrogens (tertiary/aromatic N) is 2. The molecule has 18 heavy (non-hydrogen) atoms. The van der Waals surface area contributed by atoms with E-state index in [0.29, 0.717) is 0 Å². The molecule has 5 heteroatoms. The zero-order valence-electron chi connectivity index (χ0n) is 10.0. The Morgan fingerprint density at radius 2 is 2.28 bits per heavy atom. The fraction of sp³-hybridized carbons (Fsp3) is 0.231. The van der Waals surface area contributed by atoms with E-state index in [2.05, 4.69) is 40.4 Å². The maximum atomic E-state index is 4.58. The third kappa shape index (κ3) is 2.37. The van der Waals surface area contributed by atoms with E-state index in [1.807, 2.05) is 11.7 Å². The third-order valence-corrected chi connectivity index (χ3v) is 4.51. The van der Waals surface area contributed by atoms with Gasteiger partial charge in [-0.3, -0.25) is 4.98 Å². The molecule has 0 aliphatic carbocycles. The Kier molecular flexibility index (Phi) is 3.25. The first-order valence-electron chi connectivity index (χ1n) is 5.86. The molecule has 0 radical (unpaired) electrons. The molecule has 0 unspecified atom stereocenters. The van der Waals surface area contributed by atoms with Crippen LogP contribution in [0, 0.1) is 0 Å². The first-order valence-corrected chi connectivity index (χ1v) is 7.55. The zero-order chi connectivity index (χ0) is 12.4. The molecule has 0 saturated carbocycles. The molecular weight excluding hydrogens is 262 g/mol. The molecule has 0 spiro atoms. The summed E-state index contributed by atoms with van der Waals surface area (Å²) in [4.78, 5) is 9.87. The minimum atomic E-state index is 0.797. The molecule has 0 bridgehead atoms. The molecule has 1 N–H and O–H groups in total. The largest absolute Gasteiger partial charge is 0.357 e. The van der Waals surface area contributed by atoms with E-state index in [9.17, 15) is 0 Å². The Bertz CT molecular complexity index is 643. The average Bonchev–Trinajstić information content (AvgIpc) is 3.04. The molecule has 3 rings (SSSR count). The summed E-state index contributed by atoms with van der Waals surface area (Å²) in [5.41, 5.74) is 4.28. The van der Waals surface area contributed by atoms with Gasteiger partial charge in [0.2, 0.25) is 0 Å². The Balaban J connectivity index is 1.80. The van der Waals surface area contributed by atoms with Crippen molar-refractivity contribution in [2.75, 3.05) is 5.32 Å². The molecule has 0 fully saturated rings. The van der Waals surface area contributed by atoms with Gasteiger partial charge in [0.15, 0.2) is 5.13 Å². The number of anilines is 1. The lowest BCUT2D eigenvalue weighted by Crippen LogP contribution is -1.96. The number of nitrogens with one attached hydrogen (secondary N) is 1. The van der Waals surface area contributed by atoms with Gasteiger partial charge in [-0.1, -0.05) is 24.3 Å². The van der Waals surface area contributed by atoms with Gasteiger partial charge in [-0.2, -0.15) is 0 Å². The fourth-order valence-corrected chi connectivity index (χ4v) is 3.22. The summed E-state index contributed by atoms with van der Waals surface area (Å²) in [6.45, 7) is 2.97. The summed E-state index contributed by atoms with van der Waals surface area (Å²) in [5, 5.41) is 4.33. The number of fused-ring (bicyclic) bond motifs is 1. The van der Waals surface area contributed by atoms with Crippen LogP contribution in [-0.4, -0.2) is 9.97 Å². The molecule has 3 nitrogen and oxygen atoms in total. The number of rotatable bonds is 4. The van der Waals surface area contributed by atoms with Crippen LogP contribution < -0.4 is 5.32 Å². The van der Waals surface area contributed by atoms with Crippen molar-refractivity contribution in [2.45, 2.75) is 19.9 Å². The van der Waals surface area contributed by atoms with E-state index < -0.39 is 0 Å². The van der Waals surface area contributed by atoms with Crippen molar-refractivity contribution in [1.29, 1.82) is 0 Å². The van der Waals surface area contributed by atoms with Crippen molar-refractivity contribution >= 4 is 38.0 Å². The van der Waals surface area contributed by atoms with Crippen LogP contribution in [0.5, 0.6) is 0 Å². The number of hydrogen-bond donors (Lipinski definition) is 1. The van der Waals surface area contributed by atoms with E-state index in [0.717, 1.165) is 23.6 Å². The van der Waals surface area contributed by atoms with Crippen LogP contribution in [0.1, 0.15) is 17.4 Å². The maximum absolute atomic E-state index is 4.58. The first kappa shape index (κ1) is 11.6. The predicted molar refractivity (Wildman–Crippen MR) is 78.4 cm³/mol. The molecule has 2 aromatic heterocycles. The van der Waals surface area contributed by atoms with Crippen LogP contribution in [-0.2, 0) is 13.0 Å². The highest BCUT2D eigenvalue weighted by Gasteiger charge is 2.04. The predicted octanol–water partition coefficient (Wildman–Crippen LogP) is 3.93. The quantitative estimate of drug-likeness (QED) is 0.784. The Hall–Kier alpha value is -1.46. The second-order valence-corrected chi connectivity index (χ2v) is 6.00. The monoisotopic (exact) mass is 275 g/mol. The van der Waals surface area contributed by atoms with Crippen LogP contribution >= 0.6 is 22.7 Å². The van der Waals surface area contributed by atoms with Crippen molar-refractivity contribution in [3.05, 3.63) is 40.3 Å². The zero-order valence-corrected chi connectivity index (χ0v) is 11.6. The number of hydrogen-bond acceptors (Lipinski definition) is 5. The molecule has 0 atom stereocenters. The lowest BCUT2D eigenvalue weighted by Gasteiger charge is -1.97. The highest BCUT2D eigenvalue weighted by molar-refractivity contribution is 7.22. The topological polar surface area (TPSA) is 37.8 Å². The average molecular weight is 275 g/mol. The lowest BCUT2D eigenvalue weighted by molar-refractivity contribution is 1.14. The van der Waals surface area contributed by atoms with Gasteiger partial charge in [0.25, 0.3) is 0 Å². The highest BCUT2D eigenvalue weighted by Crippen LogP contribution is 2.27. The van der Waals surface area contributed by atoms with Gasteiger partial charge < -0.3 is 5.32 Å². The van der Waals surface area contributed by atoms with Gasteiger partial charge in [0, 0.05) is 11.1 Å². The molecule has 2 heterocycles. The van der Waals surface area contributed by atoms with E-state index in [1.165, 1.54) is 15.1 Å². The fourth-order valence-electron chi connectivity index (χ4n) is 1.76. The molecule has 0 amide bonds. The Morgan fingerprint density at radius 1 is 1.33 bits per heavy atom. The molecular formula is C13H13N3S2. The standard InChI is InChI=1S/C13H13N3S2/c1-2-9-3-4-11-12(5-9)18-13(16-11)15-7-10-6-14-8-17-10/h3-6,8H,2,7H2,1H3,(H,15,16).